The van der Waals surface area contributed by atoms with Crippen molar-refractivity contribution < 1.29 is 24.5 Å². The fraction of sp³-hybridized carbons (Fsp3) is 0.972. The van der Waals surface area contributed by atoms with Gasteiger partial charge in [0, 0.05) is 12.8 Å². The van der Waals surface area contributed by atoms with Crippen LogP contribution in [0.25, 0.3) is 0 Å². The number of rotatable bonds is 68. The molecule has 77 heavy (non-hydrogen) atoms. The number of carbonyl (C=O) groups excluding carboxylic acids is 2. The van der Waals surface area contributed by atoms with E-state index in [0.717, 1.165) is 38.5 Å². The molecule has 0 aliphatic rings. The molecule has 0 saturated carbocycles. The molecular weight excluding hydrogens is 947 g/mol. The molecule has 0 bridgehead atoms. The number of aliphatic hydroxyl groups excluding tert-OH is 2. The number of aliphatic hydroxyl groups is 2. The van der Waals surface area contributed by atoms with Gasteiger partial charge in [-0.2, -0.15) is 0 Å². The third-order valence-electron chi connectivity index (χ3n) is 17.2. The van der Waals surface area contributed by atoms with E-state index < -0.39 is 12.1 Å². The Morgan fingerprint density at radius 1 is 0.312 bits per heavy atom. The molecule has 0 fully saturated rings. The van der Waals surface area contributed by atoms with E-state index in [1.165, 1.54) is 347 Å². The van der Waals surface area contributed by atoms with Crippen molar-refractivity contribution in [3.63, 3.8) is 0 Å². The zero-order chi connectivity index (χ0) is 55.7. The lowest BCUT2D eigenvalue weighted by Gasteiger charge is -2.22. The lowest BCUT2D eigenvalue weighted by Crippen LogP contribution is -2.45. The van der Waals surface area contributed by atoms with Crippen molar-refractivity contribution in [2.24, 2.45) is 0 Å². The highest BCUT2D eigenvalue weighted by molar-refractivity contribution is 5.76. The highest BCUT2D eigenvalue weighted by Gasteiger charge is 2.20. The maximum absolute atomic E-state index is 12.5. The largest absolute Gasteiger partial charge is 0.466 e. The number of hydrogen-bond acceptors (Lipinski definition) is 5. The molecule has 6 nitrogen and oxygen atoms in total. The monoisotopic (exact) mass is 1090 g/mol. The van der Waals surface area contributed by atoms with Crippen LogP contribution in [0.2, 0.25) is 0 Å². The highest BCUT2D eigenvalue weighted by Crippen LogP contribution is 2.20. The van der Waals surface area contributed by atoms with E-state index in [1.807, 2.05) is 0 Å². The van der Waals surface area contributed by atoms with Crippen LogP contribution in [0.4, 0.5) is 0 Å². The van der Waals surface area contributed by atoms with Crippen molar-refractivity contribution in [2.45, 2.75) is 431 Å². The van der Waals surface area contributed by atoms with Gasteiger partial charge in [-0.05, 0) is 25.7 Å². The zero-order valence-corrected chi connectivity index (χ0v) is 52.7. The first-order chi connectivity index (χ1) is 38.0. The summed E-state index contributed by atoms with van der Waals surface area (Å²) in [5, 5.41) is 23.3. The van der Waals surface area contributed by atoms with Gasteiger partial charge in [-0.15, -0.1) is 0 Å². The second-order valence-corrected chi connectivity index (χ2v) is 24.9. The van der Waals surface area contributed by atoms with Gasteiger partial charge in [0.2, 0.25) is 5.91 Å². The molecule has 0 aromatic heterocycles. The van der Waals surface area contributed by atoms with Crippen molar-refractivity contribution in [1.82, 2.24) is 5.32 Å². The SMILES string of the molecule is CCCCCCCCCCCCCCCCCCC(=O)OCCCCCCCCCCCCCCCCCCCCCCCCCCCCCCCCCCC(=O)NC(CO)C(O)CCCCCCCCCCCCCC. The number of amides is 1. The fourth-order valence-electron chi connectivity index (χ4n) is 11.7. The van der Waals surface area contributed by atoms with Crippen molar-refractivity contribution in [3.8, 4) is 0 Å². The third-order valence-corrected chi connectivity index (χ3v) is 17.2. The Morgan fingerprint density at radius 2 is 0.532 bits per heavy atom. The van der Waals surface area contributed by atoms with E-state index in [9.17, 15) is 19.8 Å². The summed E-state index contributed by atoms with van der Waals surface area (Å²) in [6.07, 6.45) is 81.7. The van der Waals surface area contributed by atoms with E-state index in [4.69, 9.17) is 4.74 Å². The van der Waals surface area contributed by atoms with E-state index in [-0.39, 0.29) is 18.5 Å². The molecule has 0 aromatic rings. The predicted molar refractivity (Wildman–Crippen MR) is 338 cm³/mol. The van der Waals surface area contributed by atoms with Crippen LogP contribution >= 0.6 is 0 Å². The smallest absolute Gasteiger partial charge is 0.305 e. The quantitative estimate of drug-likeness (QED) is 0.0417. The predicted octanol–water partition coefficient (Wildman–Crippen LogP) is 23.0. The zero-order valence-electron chi connectivity index (χ0n) is 52.7. The lowest BCUT2D eigenvalue weighted by molar-refractivity contribution is -0.143. The first-order valence-electron chi connectivity index (χ1n) is 35.8. The van der Waals surface area contributed by atoms with Crippen LogP contribution in [0.5, 0.6) is 0 Å². The summed E-state index contributed by atoms with van der Waals surface area (Å²) >= 11 is 0. The Morgan fingerprint density at radius 3 is 0.792 bits per heavy atom. The molecule has 3 N–H and O–H groups in total. The number of esters is 1. The van der Waals surface area contributed by atoms with Crippen LogP contribution in [-0.4, -0.2) is 47.4 Å². The van der Waals surface area contributed by atoms with Gasteiger partial charge in [-0.3, -0.25) is 9.59 Å². The molecule has 0 rings (SSSR count). The average molecular weight is 1090 g/mol. The summed E-state index contributed by atoms with van der Waals surface area (Å²) in [7, 11) is 0. The summed E-state index contributed by atoms with van der Waals surface area (Å²) < 4.78 is 5.51. The maximum Gasteiger partial charge on any atom is 0.305 e. The standard InChI is InChI=1S/C71H141NO5/c1-3-5-7-9-11-13-15-17-18-38-41-45-49-53-57-61-65-71(76)77-66-62-58-54-50-46-42-39-36-34-32-30-28-26-24-22-20-19-21-23-25-27-29-31-33-35-37-40-44-48-52-56-60-64-70(75)72-68(67-73)69(74)63-59-55-51-47-43-16-14-12-10-8-6-4-2/h68-69,73-74H,3-67H2,1-2H3,(H,72,75). The molecular formula is C71H141NO5. The minimum absolute atomic E-state index is 0.0258. The minimum Gasteiger partial charge on any atom is -0.466 e. The Kier molecular flexibility index (Phi) is 66.4. The highest BCUT2D eigenvalue weighted by atomic mass is 16.5. The van der Waals surface area contributed by atoms with Gasteiger partial charge in [0.1, 0.15) is 0 Å². The molecule has 0 aromatic carbocycles. The molecule has 1 amide bonds. The molecule has 0 spiro atoms. The van der Waals surface area contributed by atoms with Crippen LogP contribution in [-0.2, 0) is 14.3 Å². The topological polar surface area (TPSA) is 95.9 Å². The molecule has 0 heterocycles. The van der Waals surface area contributed by atoms with Gasteiger partial charge in [0.25, 0.3) is 0 Å². The average Bonchev–Trinajstić information content (AvgIpc) is 3.43. The number of carbonyl (C=O) groups is 2. The normalized spacial score (nSPS) is 12.4. The first kappa shape index (κ1) is 75.9. The second-order valence-electron chi connectivity index (χ2n) is 24.9. The summed E-state index contributed by atoms with van der Waals surface area (Å²) in [5.74, 6) is -0.00227. The molecule has 0 aliphatic heterocycles. The molecule has 0 aliphatic carbocycles. The molecule has 6 heteroatoms. The third kappa shape index (κ3) is 63.9. The Bertz CT molecular complexity index is 1120. The molecule has 460 valence electrons. The Hall–Kier alpha value is -1.14. The maximum atomic E-state index is 12.5. The summed E-state index contributed by atoms with van der Waals surface area (Å²) in [6, 6.07) is -0.536. The molecule has 2 unspecified atom stereocenters. The van der Waals surface area contributed by atoms with Crippen molar-refractivity contribution in [2.75, 3.05) is 13.2 Å². The van der Waals surface area contributed by atoms with Gasteiger partial charge in [-0.1, -0.05) is 380 Å². The Balaban J connectivity index is 3.28. The summed E-state index contributed by atoms with van der Waals surface area (Å²) in [6.45, 7) is 5.00. The first-order valence-corrected chi connectivity index (χ1v) is 35.8. The van der Waals surface area contributed by atoms with Crippen LogP contribution in [0.15, 0.2) is 0 Å². The van der Waals surface area contributed by atoms with Crippen LogP contribution < -0.4 is 5.32 Å². The number of ether oxygens (including phenoxy) is 1. The second kappa shape index (κ2) is 67.4. The van der Waals surface area contributed by atoms with Crippen LogP contribution in [0.3, 0.4) is 0 Å². The number of nitrogens with one attached hydrogen (secondary N) is 1. The minimum atomic E-state index is -0.659. The van der Waals surface area contributed by atoms with Gasteiger partial charge >= 0.3 is 5.97 Å². The van der Waals surface area contributed by atoms with Gasteiger partial charge in [0.15, 0.2) is 0 Å². The van der Waals surface area contributed by atoms with E-state index >= 15 is 0 Å². The van der Waals surface area contributed by atoms with Gasteiger partial charge in [-0.25, -0.2) is 0 Å². The molecule has 0 saturated heterocycles. The van der Waals surface area contributed by atoms with Crippen LogP contribution in [0.1, 0.15) is 418 Å². The van der Waals surface area contributed by atoms with E-state index in [1.54, 1.807) is 0 Å². The fourth-order valence-corrected chi connectivity index (χ4v) is 11.7. The van der Waals surface area contributed by atoms with Crippen molar-refractivity contribution in [3.05, 3.63) is 0 Å². The Labute approximate surface area is 483 Å². The number of unbranched alkanes of at least 4 members (excludes halogenated alkanes) is 57. The lowest BCUT2D eigenvalue weighted by atomic mass is 10.0. The summed E-state index contributed by atoms with van der Waals surface area (Å²) in [5.41, 5.74) is 0. The van der Waals surface area contributed by atoms with Crippen molar-refractivity contribution >= 4 is 11.9 Å². The van der Waals surface area contributed by atoms with Crippen molar-refractivity contribution in [1.29, 1.82) is 0 Å². The molecule has 0 radical (unpaired) electrons. The summed E-state index contributed by atoms with van der Waals surface area (Å²) in [4.78, 5) is 24.6. The van der Waals surface area contributed by atoms with E-state index in [2.05, 4.69) is 19.2 Å². The van der Waals surface area contributed by atoms with Crippen LogP contribution in [0, 0.1) is 0 Å². The number of hydrogen-bond donors (Lipinski definition) is 3. The van der Waals surface area contributed by atoms with Gasteiger partial charge in [0.05, 0.1) is 25.4 Å². The molecule has 2 atom stereocenters. The van der Waals surface area contributed by atoms with Gasteiger partial charge < -0.3 is 20.3 Å². The van der Waals surface area contributed by atoms with E-state index in [0.29, 0.717) is 25.9 Å².